The molecule has 5 nitrogen and oxygen atoms in total. The number of aliphatic hydroxyl groups is 2. The fraction of sp³-hybridized carbons (Fsp3) is 0.818. The van der Waals surface area contributed by atoms with Gasteiger partial charge in [-0.05, 0) is 79.4 Å². The van der Waals surface area contributed by atoms with Crippen molar-refractivity contribution in [1.82, 2.24) is 15.2 Å². The molecule has 0 amide bonds. The lowest BCUT2D eigenvalue weighted by Gasteiger charge is -2.56. The van der Waals surface area contributed by atoms with Gasteiger partial charge in [-0.15, -0.1) is 0 Å². The van der Waals surface area contributed by atoms with Crippen molar-refractivity contribution in [3.05, 3.63) is 24.3 Å². The molecule has 3 N–H and O–H groups in total. The number of nitrogens with one attached hydrogen (secondary N) is 1. The van der Waals surface area contributed by atoms with Gasteiger partial charge in [0.15, 0.2) is 0 Å². The third kappa shape index (κ3) is 3.07. The zero-order chi connectivity index (χ0) is 19.2. The monoisotopic (exact) mass is 373 g/mol. The number of aromatic nitrogens is 3. The second-order valence-corrected chi connectivity index (χ2v) is 9.93. The summed E-state index contributed by atoms with van der Waals surface area (Å²) in [7, 11) is 0. The standard InChI is InChI=1S/C22H35N3O2/c1-14-4-5-18-17(11-20-23-13-24-25-20)19(7-9-21(14,18)2)22(3)8-6-16(27)10-15(22)12-26/h13,15-19,26-27H,1,4-12H2,2-3H3,(H,23,24,25)/t15-,16+,17-,18+,19+,21-,22+/m1/s1. The molecule has 5 heteroatoms. The van der Waals surface area contributed by atoms with Crippen LogP contribution in [0.15, 0.2) is 18.5 Å². The van der Waals surface area contributed by atoms with Crippen molar-refractivity contribution in [1.29, 1.82) is 0 Å². The van der Waals surface area contributed by atoms with E-state index in [1.165, 1.54) is 24.8 Å². The van der Waals surface area contributed by atoms with Gasteiger partial charge < -0.3 is 10.2 Å². The van der Waals surface area contributed by atoms with Crippen LogP contribution in [0.4, 0.5) is 0 Å². The van der Waals surface area contributed by atoms with Gasteiger partial charge in [-0.3, -0.25) is 5.10 Å². The number of aromatic amines is 1. The summed E-state index contributed by atoms with van der Waals surface area (Å²) in [4.78, 5) is 4.44. The van der Waals surface area contributed by atoms with E-state index in [2.05, 4.69) is 35.6 Å². The minimum atomic E-state index is -0.261. The summed E-state index contributed by atoms with van der Waals surface area (Å²) in [6.45, 7) is 9.41. The molecule has 1 aromatic heterocycles. The highest BCUT2D eigenvalue weighted by Crippen LogP contribution is 2.63. The smallest absolute Gasteiger partial charge is 0.137 e. The van der Waals surface area contributed by atoms with Crippen LogP contribution in [0.3, 0.4) is 0 Å². The Bertz CT molecular complexity index is 675. The maximum atomic E-state index is 10.2. The van der Waals surface area contributed by atoms with Gasteiger partial charge >= 0.3 is 0 Å². The molecule has 0 spiro atoms. The fourth-order valence-electron chi connectivity index (χ4n) is 7.02. The summed E-state index contributed by atoms with van der Waals surface area (Å²) in [5, 5.41) is 27.5. The van der Waals surface area contributed by atoms with Gasteiger partial charge in [0, 0.05) is 13.0 Å². The van der Waals surface area contributed by atoms with Crippen molar-refractivity contribution in [2.24, 2.45) is 34.5 Å². The number of H-pyrrole nitrogens is 1. The summed E-state index contributed by atoms with van der Waals surface area (Å²) < 4.78 is 0. The zero-order valence-corrected chi connectivity index (χ0v) is 16.8. The van der Waals surface area contributed by atoms with Crippen LogP contribution >= 0.6 is 0 Å². The molecular weight excluding hydrogens is 338 g/mol. The highest BCUT2D eigenvalue weighted by Gasteiger charge is 2.56. The number of rotatable bonds is 4. The number of allylic oxidation sites excluding steroid dienone is 1. The van der Waals surface area contributed by atoms with Gasteiger partial charge in [0.2, 0.25) is 0 Å². The minimum absolute atomic E-state index is 0.0733. The summed E-state index contributed by atoms with van der Waals surface area (Å²) in [6, 6.07) is 0. The van der Waals surface area contributed by atoms with E-state index in [4.69, 9.17) is 0 Å². The van der Waals surface area contributed by atoms with Crippen LogP contribution < -0.4 is 0 Å². The van der Waals surface area contributed by atoms with Gasteiger partial charge in [0.05, 0.1) is 6.10 Å². The molecule has 150 valence electrons. The van der Waals surface area contributed by atoms with E-state index in [9.17, 15) is 10.2 Å². The molecule has 3 aliphatic rings. The van der Waals surface area contributed by atoms with Crippen molar-refractivity contribution < 1.29 is 10.2 Å². The average Bonchev–Trinajstić information content (AvgIpc) is 3.26. The molecule has 1 heterocycles. The SMILES string of the molecule is C=C1CC[C@H]2[C@@H](Cc3ncn[nH]3)[C@@H]([C@@]3(C)CC[C@H](O)C[C@@H]3CO)CC[C@]12C. The lowest BCUT2D eigenvalue weighted by molar-refractivity contribution is -0.0941. The normalized spacial score (nSPS) is 45.0. The fourth-order valence-corrected chi connectivity index (χ4v) is 7.02. The minimum Gasteiger partial charge on any atom is -0.396 e. The van der Waals surface area contributed by atoms with Gasteiger partial charge in [-0.1, -0.05) is 26.0 Å². The molecule has 27 heavy (non-hydrogen) atoms. The Morgan fingerprint density at radius 1 is 1.22 bits per heavy atom. The van der Waals surface area contributed by atoms with Gasteiger partial charge in [0.25, 0.3) is 0 Å². The average molecular weight is 374 g/mol. The maximum absolute atomic E-state index is 10.2. The molecule has 0 aromatic carbocycles. The topological polar surface area (TPSA) is 82.0 Å². The Labute approximate surface area is 162 Å². The largest absolute Gasteiger partial charge is 0.396 e. The summed E-state index contributed by atoms with van der Waals surface area (Å²) in [5.74, 6) is 2.84. The van der Waals surface area contributed by atoms with E-state index in [-0.39, 0.29) is 29.5 Å². The summed E-state index contributed by atoms with van der Waals surface area (Å²) in [5.41, 5.74) is 1.74. The molecule has 3 fully saturated rings. The summed E-state index contributed by atoms with van der Waals surface area (Å²) in [6.07, 6.45) is 9.58. The highest BCUT2D eigenvalue weighted by atomic mass is 16.3. The first kappa shape index (κ1) is 19.1. The van der Waals surface area contributed by atoms with E-state index in [0.717, 1.165) is 37.9 Å². The number of fused-ring (bicyclic) bond motifs is 1. The molecule has 4 rings (SSSR count). The first-order valence-corrected chi connectivity index (χ1v) is 10.7. The van der Waals surface area contributed by atoms with E-state index < -0.39 is 0 Å². The van der Waals surface area contributed by atoms with Gasteiger partial charge in [-0.25, -0.2) is 4.98 Å². The van der Waals surface area contributed by atoms with Crippen LogP contribution in [0.5, 0.6) is 0 Å². The first-order valence-electron chi connectivity index (χ1n) is 10.7. The second-order valence-electron chi connectivity index (χ2n) is 9.93. The van der Waals surface area contributed by atoms with Crippen LogP contribution in [-0.2, 0) is 6.42 Å². The third-order valence-electron chi connectivity index (χ3n) is 8.86. The van der Waals surface area contributed by atoms with Crippen LogP contribution in [0, 0.1) is 34.5 Å². The Kier molecular flexibility index (Phi) is 4.96. The van der Waals surface area contributed by atoms with E-state index in [1.54, 1.807) is 6.33 Å². The molecular formula is C22H35N3O2. The molecule has 0 saturated heterocycles. The van der Waals surface area contributed by atoms with Crippen LogP contribution in [0.25, 0.3) is 0 Å². The van der Waals surface area contributed by atoms with Crippen molar-refractivity contribution in [3.63, 3.8) is 0 Å². The lowest BCUT2D eigenvalue weighted by atomic mass is 9.49. The number of hydrogen-bond acceptors (Lipinski definition) is 4. The third-order valence-corrected chi connectivity index (χ3v) is 8.86. The molecule has 1 aromatic rings. The highest BCUT2D eigenvalue weighted by molar-refractivity contribution is 5.21. The Morgan fingerprint density at radius 2 is 2.04 bits per heavy atom. The molecule has 0 radical (unpaired) electrons. The number of aliphatic hydroxyl groups excluding tert-OH is 2. The molecule has 0 unspecified atom stereocenters. The van der Waals surface area contributed by atoms with Crippen molar-refractivity contribution >= 4 is 0 Å². The van der Waals surface area contributed by atoms with Crippen LogP contribution in [0.1, 0.15) is 64.6 Å². The van der Waals surface area contributed by atoms with Crippen molar-refractivity contribution in [3.8, 4) is 0 Å². The van der Waals surface area contributed by atoms with Crippen molar-refractivity contribution in [2.45, 2.75) is 71.3 Å². The molecule has 3 saturated carbocycles. The first-order chi connectivity index (χ1) is 12.9. The number of nitrogens with zero attached hydrogens (tertiary/aromatic N) is 2. The zero-order valence-electron chi connectivity index (χ0n) is 16.8. The van der Waals surface area contributed by atoms with E-state index >= 15 is 0 Å². The van der Waals surface area contributed by atoms with Crippen molar-refractivity contribution in [2.75, 3.05) is 6.61 Å². The number of hydrogen-bond donors (Lipinski definition) is 3. The molecule has 0 aliphatic heterocycles. The second kappa shape index (κ2) is 7.00. The molecule has 3 aliphatic carbocycles. The maximum Gasteiger partial charge on any atom is 0.137 e. The van der Waals surface area contributed by atoms with Gasteiger partial charge in [0.1, 0.15) is 12.2 Å². The molecule has 7 atom stereocenters. The summed E-state index contributed by atoms with van der Waals surface area (Å²) >= 11 is 0. The lowest BCUT2D eigenvalue weighted by Crippen LogP contribution is -2.51. The Balaban J connectivity index is 1.68. The quantitative estimate of drug-likeness (QED) is 0.706. The van der Waals surface area contributed by atoms with E-state index in [1.807, 2.05) is 0 Å². The predicted octanol–water partition coefficient (Wildman–Crippen LogP) is 3.51. The predicted molar refractivity (Wildman–Crippen MR) is 105 cm³/mol. The van der Waals surface area contributed by atoms with Gasteiger partial charge in [-0.2, -0.15) is 5.10 Å². The Hall–Kier alpha value is -1.20. The van der Waals surface area contributed by atoms with Crippen LogP contribution in [0.2, 0.25) is 0 Å². The molecule has 0 bridgehead atoms. The van der Waals surface area contributed by atoms with E-state index in [0.29, 0.717) is 17.8 Å². The Morgan fingerprint density at radius 3 is 2.74 bits per heavy atom. The van der Waals surface area contributed by atoms with Crippen LogP contribution in [-0.4, -0.2) is 38.1 Å².